The number of amides is 1. The smallest absolute Gasteiger partial charge is 0.218 e. The summed E-state index contributed by atoms with van der Waals surface area (Å²) in [5.41, 5.74) is 6.70. The maximum absolute atomic E-state index is 10.7. The Morgan fingerprint density at radius 2 is 2.54 bits per heavy atom. The van der Waals surface area contributed by atoms with E-state index < -0.39 is 0 Å². The van der Waals surface area contributed by atoms with Crippen LogP contribution in [0.2, 0.25) is 0 Å². The lowest BCUT2D eigenvalue weighted by molar-refractivity contribution is -0.117. The highest BCUT2D eigenvalue weighted by molar-refractivity contribution is 8.04. The van der Waals surface area contributed by atoms with Crippen LogP contribution in [-0.4, -0.2) is 11.2 Å². The molecule has 3 heteroatoms. The molecule has 1 heterocycles. The molecule has 13 heavy (non-hydrogen) atoms. The molecule has 0 saturated carbocycles. The summed E-state index contributed by atoms with van der Waals surface area (Å²) in [6.07, 6.45) is 8.30. The Morgan fingerprint density at radius 1 is 1.69 bits per heavy atom. The van der Waals surface area contributed by atoms with Crippen LogP contribution in [0.15, 0.2) is 22.6 Å². The van der Waals surface area contributed by atoms with Gasteiger partial charge in [0.1, 0.15) is 0 Å². The normalized spacial score (nSPS) is 26.3. The van der Waals surface area contributed by atoms with Crippen LogP contribution < -0.4 is 5.73 Å². The summed E-state index contributed by atoms with van der Waals surface area (Å²) >= 11 is 1.81. The maximum Gasteiger partial charge on any atom is 0.218 e. The Hall–Kier alpha value is -0.700. The fourth-order valence-electron chi connectivity index (χ4n) is 1.85. The molecule has 1 atom stereocenters. The minimum atomic E-state index is -0.179. The summed E-state index contributed by atoms with van der Waals surface area (Å²) in [6.45, 7) is 0. The molecule has 1 unspecified atom stereocenters. The van der Waals surface area contributed by atoms with Crippen molar-refractivity contribution in [2.75, 3.05) is 0 Å². The zero-order chi connectivity index (χ0) is 9.26. The van der Waals surface area contributed by atoms with Gasteiger partial charge in [0.2, 0.25) is 5.91 Å². The van der Waals surface area contributed by atoms with Gasteiger partial charge in [-0.15, -0.1) is 11.8 Å². The van der Waals surface area contributed by atoms with Crippen molar-refractivity contribution in [2.24, 2.45) is 5.73 Å². The highest BCUT2D eigenvalue weighted by Gasteiger charge is 2.25. The van der Waals surface area contributed by atoms with E-state index in [4.69, 9.17) is 5.73 Å². The van der Waals surface area contributed by atoms with Gasteiger partial charge in [0.05, 0.1) is 0 Å². The molecule has 2 aliphatic rings. The number of nitrogens with two attached hydrogens (primary N) is 1. The van der Waals surface area contributed by atoms with E-state index in [9.17, 15) is 4.79 Å². The Bertz CT molecular complexity index is 293. The highest BCUT2D eigenvalue weighted by Crippen LogP contribution is 2.43. The average molecular weight is 195 g/mol. The van der Waals surface area contributed by atoms with Gasteiger partial charge in [-0.1, -0.05) is 17.7 Å². The van der Waals surface area contributed by atoms with Gasteiger partial charge in [-0.2, -0.15) is 0 Å². The van der Waals surface area contributed by atoms with Crippen LogP contribution >= 0.6 is 11.8 Å². The van der Waals surface area contributed by atoms with Gasteiger partial charge in [0, 0.05) is 16.6 Å². The molecule has 1 aliphatic heterocycles. The molecule has 2 rings (SSSR count). The second-order valence-electron chi connectivity index (χ2n) is 3.52. The average Bonchev–Trinajstić information content (AvgIpc) is 2.44. The molecule has 2 nitrogen and oxygen atoms in total. The Kier molecular flexibility index (Phi) is 2.44. The van der Waals surface area contributed by atoms with Gasteiger partial charge >= 0.3 is 0 Å². The molecule has 1 amide bonds. The number of primary amides is 1. The third-order valence-electron chi connectivity index (χ3n) is 2.43. The van der Waals surface area contributed by atoms with E-state index in [1.54, 1.807) is 0 Å². The van der Waals surface area contributed by atoms with E-state index in [1.165, 1.54) is 16.9 Å². The summed E-state index contributed by atoms with van der Waals surface area (Å²) in [5.74, 6) is -0.179. The Balaban J connectivity index is 1.98. The molecule has 0 spiro atoms. The summed E-state index contributed by atoms with van der Waals surface area (Å²) < 4.78 is 0. The lowest BCUT2D eigenvalue weighted by Gasteiger charge is -2.05. The number of thioether (sulfide) groups is 1. The van der Waals surface area contributed by atoms with Crippen LogP contribution in [0.5, 0.6) is 0 Å². The molecule has 0 radical (unpaired) electrons. The van der Waals surface area contributed by atoms with Crippen molar-refractivity contribution in [1.29, 1.82) is 0 Å². The van der Waals surface area contributed by atoms with Crippen LogP contribution in [0.4, 0.5) is 0 Å². The summed E-state index contributed by atoms with van der Waals surface area (Å²) in [5, 5.41) is 0.408. The second-order valence-corrected chi connectivity index (χ2v) is 4.87. The molecular weight excluding hydrogens is 182 g/mol. The van der Waals surface area contributed by atoms with Crippen molar-refractivity contribution in [3.8, 4) is 0 Å². The zero-order valence-corrected chi connectivity index (χ0v) is 8.27. The Labute approximate surface area is 82.3 Å². The van der Waals surface area contributed by atoms with E-state index in [0.717, 1.165) is 12.8 Å². The van der Waals surface area contributed by atoms with Crippen LogP contribution in [0.25, 0.3) is 0 Å². The van der Waals surface area contributed by atoms with E-state index in [2.05, 4.69) is 12.2 Å². The summed E-state index contributed by atoms with van der Waals surface area (Å²) in [6, 6.07) is 0. The van der Waals surface area contributed by atoms with Crippen molar-refractivity contribution in [3.63, 3.8) is 0 Å². The van der Waals surface area contributed by atoms with Crippen molar-refractivity contribution in [2.45, 2.75) is 30.9 Å². The first-order chi connectivity index (χ1) is 6.25. The van der Waals surface area contributed by atoms with Crippen LogP contribution in [-0.2, 0) is 4.79 Å². The first-order valence-electron chi connectivity index (χ1n) is 4.59. The van der Waals surface area contributed by atoms with Crippen LogP contribution in [0, 0.1) is 0 Å². The molecule has 0 aromatic carbocycles. The Morgan fingerprint density at radius 3 is 3.23 bits per heavy atom. The standard InChI is InChI=1S/C10H13NOS/c11-10(12)6-8-5-7-3-1-2-4-9(7)13-8/h2,4,8H,1,3,5-6H2,(H2,11,12). The molecule has 0 fully saturated rings. The first-order valence-corrected chi connectivity index (χ1v) is 5.47. The minimum absolute atomic E-state index is 0.179. The molecular formula is C10H13NOS. The number of carbonyl (C=O) groups excluding carboxylic acids is 1. The summed E-state index contributed by atoms with van der Waals surface area (Å²) in [4.78, 5) is 12.1. The predicted octanol–water partition coefficient (Wildman–Crippen LogP) is 1.97. The van der Waals surface area contributed by atoms with Crippen molar-refractivity contribution < 1.29 is 4.79 Å². The third-order valence-corrected chi connectivity index (χ3v) is 3.77. The lowest BCUT2D eigenvalue weighted by atomic mass is 10.00. The predicted molar refractivity (Wildman–Crippen MR) is 55.2 cm³/mol. The number of hydrogen-bond acceptors (Lipinski definition) is 2. The lowest BCUT2D eigenvalue weighted by Crippen LogP contribution is -2.16. The van der Waals surface area contributed by atoms with Gasteiger partial charge in [-0.25, -0.2) is 0 Å². The number of hydrogen-bond donors (Lipinski definition) is 1. The van der Waals surface area contributed by atoms with Gasteiger partial charge in [-0.3, -0.25) is 4.79 Å². The third kappa shape index (κ3) is 1.97. The van der Waals surface area contributed by atoms with Gasteiger partial charge < -0.3 is 5.73 Å². The van der Waals surface area contributed by atoms with E-state index in [1.807, 2.05) is 11.8 Å². The molecule has 0 saturated heterocycles. The number of allylic oxidation sites excluding steroid dienone is 3. The SMILES string of the molecule is NC(=O)CC1CC2=C(C=CCC2)S1. The molecule has 0 bridgehead atoms. The van der Waals surface area contributed by atoms with Crippen molar-refractivity contribution in [1.82, 2.24) is 0 Å². The van der Waals surface area contributed by atoms with E-state index in [-0.39, 0.29) is 5.91 Å². The fraction of sp³-hybridized carbons (Fsp3) is 0.500. The molecule has 0 aromatic heterocycles. The van der Waals surface area contributed by atoms with Crippen molar-refractivity contribution >= 4 is 17.7 Å². The highest BCUT2D eigenvalue weighted by atomic mass is 32.2. The van der Waals surface area contributed by atoms with Crippen LogP contribution in [0.1, 0.15) is 25.7 Å². The summed E-state index contributed by atoms with van der Waals surface area (Å²) in [7, 11) is 0. The quantitative estimate of drug-likeness (QED) is 0.732. The van der Waals surface area contributed by atoms with E-state index >= 15 is 0 Å². The largest absolute Gasteiger partial charge is 0.370 e. The van der Waals surface area contributed by atoms with Gasteiger partial charge in [0.15, 0.2) is 0 Å². The molecule has 1 aliphatic carbocycles. The van der Waals surface area contributed by atoms with Gasteiger partial charge in [0.25, 0.3) is 0 Å². The monoisotopic (exact) mass is 195 g/mol. The van der Waals surface area contributed by atoms with Crippen molar-refractivity contribution in [3.05, 3.63) is 22.6 Å². The molecule has 2 N–H and O–H groups in total. The maximum atomic E-state index is 10.7. The number of rotatable bonds is 2. The topological polar surface area (TPSA) is 43.1 Å². The van der Waals surface area contributed by atoms with E-state index in [0.29, 0.717) is 11.7 Å². The number of carbonyl (C=O) groups is 1. The minimum Gasteiger partial charge on any atom is -0.370 e. The van der Waals surface area contributed by atoms with Gasteiger partial charge in [-0.05, 0) is 19.3 Å². The molecule has 70 valence electrons. The zero-order valence-electron chi connectivity index (χ0n) is 7.45. The molecule has 0 aromatic rings. The fourth-order valence-corrected chi connectivity index (χ4v) is 3.27. The first kappa shape index (κ1) is 8.88. The second kappa shape index (κ2) is 3.58. The van der Waals surface area contributed by atoms with Crippen LogP contribution in [0.3, 0.4) is 0 Å².